The molecule has 0 radical (unpaired) electrons. The summed E-state index contributed by atoms with van der Waals surface area (Å²) < 4.78 is 74.1. The van der Waals surface area contributed by atoms with Gasteiger partial charge in [0.05, 0.1) is 6.04 Å². The van der Waals surface area contributed by atoms with Gasteiger partial charge in [0.2, 0.25) is 5.96 Å². The fourth-order valence-electron chi connectivity index (χ4n) is 1.24. The van der Waals surface area contributed by atoms with Crippen LogP contribution < -0.4 is 10.6 Å². The zero-order valence-electron chi connectivity index (χ0n) is 11.9. The summed E-state index contributed by atoms with van der Waals surface area (Å²) in [7, 11) is 0. The molecule has 0 spiro atoms. The number of hydrogen-bond acceptors (Lipinski definition) is 3. The minimum absolute atomic E-state index is 0.432. The number of aromatic nitrogens is 2. The lowest BCUT2D eigenvalue weighted by atomic mass is 10.3. The summed E-state index contributed by atoms with van der Waals surface area (Å²) in [5, 5.41) is 8.50. The van der Waals surface area contributed by atoms with E-state index in [9.17, 15) is 31.1 Å². The number of nitrogens with one attached hydrogen (secondary N) is 3. The van der Waals surface area contributed by atoms with Crippen molar-refractivity contribution in [2.24, 2.45) is 4.99 Å². The molecule has 3 N–H and O–H groups in total. The molecule has 0 aliphatic rings. The van der Waals surface area contributed by atoms with Gasteiger partial charge in [-0.05, 0) is 13.3 Å². The number of nitrogens with zero attached hydrogens (tertiary/aromatic N) is 2. The molecule has 130 valence electrons. The van der Waals surface area contributed by atoms with Crippen LogP contribution in [0.1, 0.15) is 26.0 Å². The molecule has 0 aromatic carbocycles. The van der Waals surface area contributed by atoms with Crippen molar-refractivity contribution in [1.29, 1.82) is 0 Å². The lowest BCUT2D eigenvalue weighted by Crippen LogP contribution is -2.44. The zero-order valence-corrected chi connectivity index (χ0v) is 11.9. The average molecular weight is 345 g/mol. The average Bonchev–Trinajstić information content (AvgIpc) is 2.85. The molecule has 0 saturated carbocycles. The molecule has 1 aromatic heterocycles. The lowest BCUT2D eigenvalue weighted by molar-refractivity contribution is -0.171. The van der Waals surface area contributed by atoms with E-state index in [1.807, 2.05) is 0 Å². The van der Waals surface area contributed by atoms with Gasteiger partial charge in [-0.1, -0.05) is 6.92 Å². The van der Waals surface area contributed by atoms with E-state index in [0.717, 1.165) is 0 Å². The van der Waals surface area contributed by atoms with Crippen molar-refractivity contribution < 1.29 is 31.1 Å². The molecule has 0 fully saturated rings. The second kappa shape index (κ2) is 6.87. The third-order valence-corrected chi connectivity index (χ3v) is 2.56. The Hall–Kier alpha value is -2.27. The Morgan fingerprint density at radius 3 is 2.39 bits per heavy atom. The van der Waals surface area contributed by atoms with Crippen molar-refractivity contribution in [2.75, 3.05) is 5.32 Å². The first-order chi connectivity index (χ1) is 10.4. The summed E-state index contributed by atoms with van der Waals surface area (Å²) in [5.74, 6) is -3.40. The minimum Gasteiger partial charge on any atom is -0.309 e. The van der Waals surface area contributed by atoms with Gasteiger partial charge >= 0.3 is 18.3 Å². The van der Waals surface area contributed by atoms with Gasteiger partial charge in [0.1, 0.15) is 5.69 Å². The monoisotopic (exact) mass is 345 g/mol. The van der Waals surface area contributed by atoms with Crippen molar-refractivity contribution in [1.82, 2.24) is 15.5 Å². The maximum absolute atomic E-state index is 12.4. The predicted molar refractivity (Wildman–Crippen MR) is 68.6 cm³/mol. The van der Waals surface area contributed by atoms with Crippen LogP contribution in [0.4, 0.5) is 32.2 Å². The van der Waals surface area contributed by atoms with Gasteiger partial charge in [0.15, 0.2) is 5.82 Å². The highest BCUT2D eigenvalue weighted by Crippen LogP contribution is 2.28. The summed E-state index contributed by atoms with van der Waals surface area (Å²) >= 11 is 0. The largest absolute Gasteiger partial charge is 0.471 e. The van der Waals surface area contributed by atoms with Crippen molar-refractivity contribution >= 4 is 17.7 Å². The quantitative estimate of drug-likeness (QED) is 0.447. The number of carbonyl (C=O) groups is 1. The van der Waals surface area contributed by atoms with Crippen LogP contribution in [0.15, 0.2) is 11.1 Å². The second-order valence-electron chi connectivity index (χ2n) is 4.48. The van der Waals surface area contributed by atoms with Crippen LogP contribution in [-0.4, -0.2) is 34.3 Å². The van der Waals surface area contributed by atoms with E-state index < -0.39 is 41.8 Å². The van der Waals surface area contributed by atoms with Gasteiger partial charge in [-0.3, -0.25) is 15.2 Å². The third-order valence-electron chi connectivity index (χ3n) is 2.56. The summed E-state index contributed by atoms with van der Waals surface area (Å²) in [6.45, 7) is 3.24. The van der Waals surface area contributed by atoms with Gasteiger partial charge in [-0.15, -0.1) is 0 Å². The third kappa shape index (κ3) is 5.79. The molecule has 1 rings (SSSR count). The van der Waals surface area contributed by atoms with Crippen molar-refractivity contribution in [3.63, 3.8) is 0 Å². The first-order valence-corrected chi connectivity index (χ1v) is 6.29. The lowest BCUT2D eigenvalue weighted by Gasteiger charge is -2.13. The SMILES string of the molecule is CCC(C)N=C(NC(=O)C(F)(F)F)Nc1cc(C(F)(F)F)[nH]n1. The maximum Gasteiger partial charge on any atom is 0.471 e. The number of rotatable bonds is 3. The van der Waals surface area contributed by atoms with E-state index in [2.05, 4.69) is 15.4 Å². The van der Waals surface area contributed by atoms with Crippen molar-refractivity contribution in [2.45, 2.75) is 38.7 Å². The highest BCUT2D eigenvalue weighted by atomic mass is 19.4. The molecule has 1 amide bonds. The minimum atomic E-state index is -5.17. The summed E-state index contributed by atoms with van der Waals surface area (Å²) in [6, 6.07) is 0.0540. The standard InChI is InChI=1S/C11H13F6N5O/c1-3-5(2)18-9(20-8(23)11(15,16)17)19-7-4-6(21-22-7)10(12,13)14/h4-5H,3H2,1-2H3,(H3,18,19,20,21,22,23). The van der Waals surface area contributed by atoms with E-state index in [0.29, 0.717) is 12.5 Å². The first kappa shape index (κ1) is 18.8. The molecule has 1 atom stereocenters. The number of anilines is 1. The number of halogens is 6. The van der Waals surface area contributed by atoms with Crippen LogP contribution in [0, 0.1) is 0 Å². The molecule has 6 nitrogen and oxygen atoms in total. The summed E-state index contributed by atoms with van der Waals surface area (Å²) in [6.07, 6.45) is -9.43. The Morgan fingerprint density at radius 1 is 1.35 bits per heavy atom. The van der Waals surface area contributed by atoms with Gasteiger partial charge in [0.25, 0.3) is 0 Å². The highest BCUT2D eigenvalue weighted by Gasteiger charge is 2.39. The Morgan fingerprint density at radius 2 is 1.96 bits per heavy atom. The fraction of sp³-hybridized carbons (Fsp3) is 0.545. The molecule has 1 aromatic rings. The van der Waals surface area contributed by atoms with Gasteiger partial charge in [0, 0.05) is 6.07 Å². The summed E-state index contributed by atoms with van der Waals surface area (Å²) in [5.41, 5.74) is -1.20. The van der Waals surface area contributed by atoms with E-state index in [1.54, 1.807) is 18.9 Å². The van der Waals surface area contributed by atoms with Gasteiger partial charge in [-0.2, -0.15) is 31.4 Å². The van der Waals surface area contributed by atoms with Crippen LogP contribution in [0.5, 0.6) is 0 Å². The number of guanidine groups is 1. The Balaban J connectivity index is 2.96. The summed E-state index contributed by atoms with van der Waals surface area (Å²) in [4.78, 5) is 14.7. The molecule has 23 heavy (non-hydrogen) atoms. The second-order valence-corrected chi connectivity index (χ2v) is 4.48. The molecule has 1 unspecified atom stereocenters. The van der Waals surface area contributed by atoms with Crippen LogP contribution in [0.3, 0.4) is 0 Å². The molecule has 0 saturated heterocycles. The van der Waals surface area contributed by atoms with E-state index in [1.165, 1.54) is 5.32 Å². The maximum atomic E-state index is 12.4. The molecule has 0 aliphatic heterocycles. The number of alkyl halides is 6. The van der Waals surface area contributed by atoms with Gasteiger partial charge in [-0.25, -0.2) is 4.99 Å². The molecular weight excluding hydrogens is 332 g/mol. The van der Waals surface area contributed by atoms with Crippen molar-refractivity contribution in [3.05, 3.63) is 11.8 Å². The normalized spacial score (nSPS) is 14.5. The highest BCUT2D eigenvalue weighted by molar-refractivity contribution is 6.05. The topological polar surface area (TPSA) is 82.2 Å². The number of amides is 1. The van der Waals surface area contributed by atoms with Crippen molar-refractivity contribution in [3.8, 4) is 0 Å². The van der Waals surface area contributed by atoms with Crippen LogP contribution in [-0.2, 0) is 11.0 Å². The molecule has 12 heteroatoms. The van der Waals surface area contributed by atoms with E-state index in [4.69, 9.17) is 0 Å². The molecule has 0 aliphatic carbocycles. The Bertz CT molecular complexity index is 576. The number of carbonyl (C=O) groups excluding carboxylic acids is 1. The number of aliphatic imine (C=N–C) groups is 1. The van der Waals surface area contributed by atoms with Gasteiger partial charge < -0.3 is 5.32 Å². The number of hydrogen-bond donors (Lipinski definition) is 3. The predicted octanol–water partition coefficient (Wildman–Crippen LogP) is 2.67. The first-order valence-electron chi connectivity index (χ1n) is 6.29. The van der Waals surface area contributed by atoms with Crippen LogP contribution in [0.25, 0.3) is 0 Å². The number of H-pyrrole nitrogens is 1. The Kier molecular flexibility index (Phi) is 5.61. The fourth-order valence-corrected chi connectivity index (χ4v) is 1.24. The Labute approximate surface area is 126 Å². The van der Waals surface area contributed by atoms with E-state index in [-0.39, 0.29) is 0 Å². The molecule has 1 heterocycles. The zero-order chi connectivity index (χ0) is 17.8. The molecular formula is C11H13F6N5O. The number of aromatic amines is 1. The van der Waals surface area contributed by atoms with E-state index >= 15 is 0 Å². The smallest absolute Gasteiger partial charge is 0.309 e. The van der Waals surface area contributed by atoms with Crippen LogP contribution in [0.2, 0.25) is 0 Å². The van der Waals surface area contributed by atoms with Crippen LogP contribution >= 0.6 is 0 Å². The molecule has 0 bridgehead atoms.